The third-order valence-electron chi connectivity index (χ3n) is 3.90. The van der Waals surface area contributed by atoms with Crippen LogP contribution in [0.25, 0.3) is 0 Å². The van der Waals surface area contributed by atoms with Crippen molar-refractivity contribution in [2.75, 3.05) is 38.7 Å². The Balaban J connectivity index is 1.90. The van der Waals surface area contributed by atoms with Crippen molar-refractivity contribution in [3.8, 4) is 5.75 Å². The van der Waals surface area contributed by atoms with Gasteiger partial charge in [0.1, 0.15) is 5.75 Å². The lowest BCUT2D eigenvalue weighted by atomic mass is 10.1. The molecule has 1 aromatic rings. The highest BCUT2D eigenvalue weighted by molar-refractivity contribution is 5.84. The van der Waals surface area contributed by atoms with Gasteiger partial charge in [0.05, 0.1) is 13.2 Å². The van der Waals surface area contributed by atoms with Crippen LogP contribution in [0.15, 0.2) is 24.3 Å². The zero-order valence-electron chi connectivity index (χ0n) is 14.6. The molecule has 0 aliphatic carbocycles. The molecule has 0 aromatic heterocycles. The summed E-state index contributed by atoms with van der Waals surface area (Å²) in [4.78, 5) is 14.4. The number of benzene rings is 1. The predicted octanol–water partition coefficient (Wildman–Crippen LogP) is 3.48. The first-order valence-corrected chi connectivity index (χ1v) is 8.66. The summed E-state index contributed by atoms with van der Waals surface area (Å²) in [7, 11) is 1.62. The Morgan fingerprint density at radius 3 is 2.79 bits per heavy atom. The smallest absolute Gasteiger partial charge is 0.413 e. The average Bonchev–Trinajstić information content (AvgIpc) is 2.60. The fraction of sp³-hybridized carbons (Fsp3) is 0.611. The van der Waals surface area contributed by atoms with Gasteiger partial charge in [-0.25, -0.2) is 4.79 Å². The highest BCUT2D eigenvalue weighted by atomic mass is 16.6. The minimum absolute atomic E-state index is 0.352. The molecule has 1 atom stereocenters. The molecule has 0 radical (unpaired) electrons. The standard InChI is InChI=1S/C18H28N2O4/c1-3-12-23-16-9-7-8-15(13-16)19-18(21)24-17(14-22-2)20-10-5-4-6-11-20/h7-9,13,17H,3-6,10-12,14H2,1-2H3,(H,19,21). The molecule has 6 nitrogen and oxygen atoms in total. The van der Waals surface area contributed by atoms with Gasteiger partial charge in [-0.15, -0.1) is 0 Å². The van der Waals surface area contributed by atoms with Gasteiger partial charge in [-0.2, -0.15) is 0 Å². The number of carbonyl (C=O) groups excluding carboxylic acids is 1. The molecule has 1 fully saturated rings. The van der Waals surface area contributed by atoms with Crippen molar-refractivity contribution in [1.82, 2.24) is 4.90 Å². The Kier molecular flexibility index (Phi) is 7.85. The van der Waals surface area contributed by atoms with E-state index in [0.717, 1.165) is 38.1 Å². The van der Waals surface area contributed by atoms with E-state index < -0.39 is 6.09 Å². The normalized spacial score (nSPS) is 16.4. The number of hydrogen-bond acceptors (Lipinski definition) is 5. The molecular formula is C18H28N2O4. The summed E-state index contributed by atoms with van der Waals surface area (Å²) in [6.07, 6.45) is 3.59. The van der Waals surface area contributed by atoms with Crippen LogP contribution in [-0.4, -0.2) is 50.6 Å². The summed E-state index contributed by atoms with van der Waals surface area (Å²) in [5.41, 5.74) is 0.656. The number of nitrogens with one attached hydrogen (secondary N) is 1. The van der Waals surface area contributed by atoms with Crippen LogP contribution in [0.4, 0.5) is 10.5 Å². The number of amides is 1. The fourth-order valence-corrected chi connectivity index (χ4v) is 2.72. The second-order valence-corrected chi connectivity index (χ2v) is 5.91. The van der Waals surface area contributed by atoms with Crippen LogP contribution in [0, 0.1) is 0 Å². The Hall–Kier alpha value is -1.79. The Morgan fingerprint density at radius 1 is 1.29 bits per heavy atom. The first-order valence-electron chi connectivity index (χ1n) is 8.66. The van der Waals surface area contributed by atoms with Gasteiger partial charge in [0.25, 0.3) is 0 Å². The Morgan fingerprint density at radius 2 is 2.08 bits per heavy atom. The van der Waals surface area contributed by atoms with Crippen LogP contribution in [0.3, 0.4) is 0 Å². The molecule has 1 unspecified atom stereocenters. The number of likely N-dealkylation sites (tertiary alicyclic amines) is 1. The quantitative estimate of drug-likeness (QED) is 0.787. The molecule has 0 bridgehead atoms. The van der Waals surface area contributed by atoms with Crippen molar-refractivity contribution in [2.45, 2.75) is 38.8 Å². The third-order valence-corrected chi connectivity index (χ3v) is 3.90. The largest absolute Gasteiger partial charge is 0.494 e. The molecule has 1 heterocycles. The van der Waals surface area contributed by atoms with Crippen molar-refractivity contribution < 1.29 is 19.0 Å². The number of carbonyl (C=O) groups is 1. The minimum atomic E-state index is -0.477. The number of rotatable bonds is 8. The molecule has 1 amide bonds. The fourth-order valence-electron chi connectivity index (χ4n) is 2.72. The summed E-state index contributed by atoms with van der Waals surface area (Å²) in [5.74, 6) is 0.735. The van der Waals surface area contributed by atoms with Crippen molar-refractivity contribution in [2.24, 2.45) is 0 Å². The van der Waals surface area contributed by atoms with E-state index in [4.69, 9.17) is 14.2 Å². The van der Waals surface area contributed by atoms with Gasteiger partial charge >= 0.3 is 6.09 Å². The topological polar surface area (TPSA) is 60.0 Å². The van der Waals surface area contributed by atoms with Gasteiger partial charge in [-0.05, 0) is 31.4 Å². The molecule has 24 heavy (non-hydrogen) atoms. The number of hydrogen-bond donors (Lipinski definition) is 1. The van der Waals surface area contributed by atoms with E-state index in [0.29, 0.717) is 18.9 Å². The second-order valence-electron chi connectivity index (χ2n) is 5.91. The van der Waals surface area contributed by atoms with Crippen LogP contribution < -0.4 is 10.1 Å². The Labute approximate surface area is 144 Å². The van der Waals surface area contributed by atoms with Crippen molar-refractivity contribution in [3.05, 3.63) is 24.3 Å². The van der Waals surface area contributed by atoms with Gasteiger partial charge in [-0.1, -0.05) is 19.4 Å². The third kappa shape index (κ3) is 6.02. The lowest BCUT2D eigenvalue weighted by Gasteiger charge is -2.33. The van der Waals surface area contributed by atoms with Gasteiger partial charge < -0.3 is 14.2 Å². The maximum Gasteiger partial charge on any atom is 0.413 e. The first-order chi connectivity index (χ1) is 11.7. The van der Waals surface area contributed by atoms with Gasteiger partial charge in [-0.3, -0.25) is 10.2 Å². The molecular weight excluding hydrogens is 308 g/mol. The predicted molar refractivity (Wildman–Crippen MR) is 93.4 cm³/mol. The molecule has 1 aliphatic heterocycles. The van der Waals surface area contributed by atoms with Gasteiger partial charge in [0, 0.05) is 32.0 Å². The number of anilines is 1. The summed E-state index contributed by atoms with van der Waals surface area (Å²) in [6.45, 7) is 4.94. The van der Waals surface area contributed by atoms with Crippen LogP contribution in [0.1, 0.15) is 32.6 Å². The number of methoxy groups -OCH3 is 1. The molecule has 0 saturated carbocycles. The zero-order chi connectivity index (χ0) is 17.2. The maximum absolute atomic E-state index is 12.2. The van der Waals surface area contributed by atoms with Crippen molar-refractivity contribution >= 4 is 11.8 Å². The van der Waals surface area contributed by atoms with E-state index in [9.17, 15) is 4.79 Å². The van der Waals surface area contributed by atoms with E-state index in [2.05, 4.69) is 17.1 Å². The lowest BCUT2D eigenvalue weighted by Crippen LogP contribution is -2.45. The monoisotopic (exact) mass is 336 g/mol. The molecule has 1 N–H and O–H groups in total. The molecule has 1 saturated heterocycles. The highest BCUT2D eigenvalue weighted by Crippen LogP contribution is 2.19. The number of piperidine rings is 1. The van der Waals surface area contributed by atoms with E-state index in [-0.39, 0.29) is 6.23 Å². The molecule has 1 aliphatic rings. The number of ether oxygens (including phenoxy) is 3. The van der Waals surface area contributed by atoms with E-state index in [1.165, 1.54) is 6.42 Å². The minimum Gasteiger partial charge on any atom is -0.494 e. The lowest BCUT2D eigenvalue weighted by molar-refractivity contribution is -0.0586. The van der Waals surface area contributed by atoms with Crippen LogP contribution in [0.2, 0.25) is 0 Å². The average molecular weight is 336 g/mol. The van der Waals surface area contributed by atoms with Crippen LogP contribution >= 0.6 is 0 Å². The van der Waals surface area contributed by atoms with Crippen molar-refractivity contribution in [1.29, 1.82) is 0 Å². The summed E-state index contributed by atoms with van der Waals surface area (Å²) in [6, 6.07) is 7.32. The van der Waals surface area contributed by atoms with Crippen LogP contribution in [0.5, 0.6) is 5.75 Å². The molecule has 1 aromatic carbocycles. The van der Waals surface area contributed by atoms with Crippen LogP contribution in [-0.2, 0) is 9.47 Å². The SMILES string of the molecule is CCCOc1cccc(NC(=O)OC(COC)N2CCCCC2)c1. The Bertz CT molecular complexity index is 504. The van der Waals surface area contributed by atoms with Gasteiger partial charge in [0.2, 0.25) is 0 Å². The van der Waals surface area contributed by atoms with E-state index in [1.807, 2.05) is 18.2 Å². The first kappa shape index (κ1) is 18.5. The summed E-state index contributed by atoms with van der Waals surface area (Å²) >= 11 is 0. The summed E-state index contributed by atoms with van der Waals surface area (Å²) in [5, 5.41) is 2.76. The van der Waals surface area contributed by atoms with E-state index in [1.54, 1.807) is 13.2 Å². The van der Waals surface area contributed by atoms with Crippen molar-refractivity contribution in [3.63, 3.8) is 0 Å². The molecule has 0 spiro atoms. The molecule has 134 valence electrons. The van der Waals surface area contributed by atoms with E-state index >= 15 is 0 Å². The summed E-state index contributed by atoms with van der Waals surface area (Å²) < 4.78 is 16.3. The second kappa shape index (κ2) is 10.2. The highest BCUT2D eigenvalue weighted by Gasteiger charge is 2.24. The number of nitrogens with zero attached hydrogens (tertiary/aromatic N) is 1. The maximum atomic E-state index is 12.2. The zero-order valence-corrected chi connectivity index (χ0v) is 14.6. The molecule has 6 heteroatoms. The van der Waals surface area contributed by atoms with Gasteiger partial charge in [0.15, 0.2) is 6.23 Å². The molecule has 2 rings (SSSR count).